The fraction of sp³-hybridized carbons (Fsp3) is 1.00. The van der Waals surface area contributed by atoms with Crippen LogP contribution in [0.15, 0.2) is 0 Å². The zero-order chi connectivity index (χ0) is 8.48. The highest BCUT2D eigenvalue weighted by atomic mass is 35.5. The van der Waals surface area contributed by atoms with Gasteiger partial charge in [-0.15, -0.1) is 12.4 Å². The number of hydrogen-bond acceptors (Lipinski definition) is 2. The summed E-state index contributed by atoms with van der Waals surface area (Å²) in [4.78, 5) is 0. The van der Waals surface area contributed by atoms with Crippen molar-refractivity contribution in [3.05, 3.63) is 0 Å². The lowest BCUT2D eigenvalue weighted by Crippen LogP contribution is -2.41. The van der Waals surface area contributed by atoms with Crippen LogP contribution in [0.5, 0.6) is 0 Å². The molecule has 2 N–H and O–H groups in total. The first-order valence-electron chi connectivity index (χ1n) is 3.47. The average molecular weight is 206 g/mol. The van der Waals surface area contributed by atoms with E-state index >= 15 is 0 Å². The van der Waals surface area contributed by atoms with Crippen molar-refractivity contribution in [2.24, 2.45) is 0 Å². The zero-order valence-corrected chi connectivity index (χ0v) is 7.08. The lowest BCUT2D eigenvalue weighted by Gasteiger charge is -2.15. The Morgan fingerprint density at radius 2 is 1.92 bits per heavy atom. The van der Waals surface area contributed by atoms with Crippen LogP contribution in [-0.4, -0.2) is 30.0 Å². The molecule has 2 unspecified atom stereocenters. The van der Waals surface area contributed by atoms with Crippen LogP contribution >= 0.6 is 12.4 Å². The molecule has 1 saturated heterocycles. The standard InChI is InChI=1S/C6H10F3NO.ClH/c7-6(8,9)5-2-1-4(3-11)10-5;/h4-5,10-11H,1-3H2;1H. The molecule has 0 spiro atoms. The van der Waals surface area contributed by atoms with E-state index in [2.05, 4.69) is 5.32 Å². The summed E-state index contributed by atoms with van der Waals surface area (Å²) in [6.07, 6.45) is -3.68. The first-order valence-corrected chi connectivity index (χ1v) is 3.47. The highest BCUT2D eigenvalue weighted by molar-refractivity contribution is 5.85. The Morgan fingerprint density at radius 1 is 1.33 bits per heavy atom. The highest BCUT2D eigenvalue weighted by Crippen LogP contribution is 2.28. The predicted octanol–water partition coefficient (Wildman–Crippen LogP) is 1.08. The molecule has 0 aliphatic carbocycles. The fourth-order valence-corrected chi connectivity index (χ4v) is 1.22. The van der Waals surface area contributed by atoms with Gasteiger partial charge in [0.15, 0.2) is 0 Å². The number of alkyl halides is 3. The molecule has 1 aliphatic heterocycles. The van der Waals surface area contributed by atoms with E-state index in [-0.39, 0.29) is 31.5 Å². The second-order valence-corrected chi connectivity index (χ2v) is 2.72. The summed E-state index contributed by atoms with van der Waals surface area (Å²) in [6, 6.07) is -1.79. The van der Waals surface area contributed by atoms with E-state index in [4.69, 9.17) is 5.11 Å². The molecule has 1 aliphatic rings. The molecular weight excluding hydrogens is 195 g/mol. The number of halogens is 4. The lowest BCUT2D eigenvalue weighted by molar-refractivity contribution is -0.152. The average Bonchev–Trinajstić information content (AvgIpc) is 2.32. The van der Waals surface area contributed by atoms with Gasteiger partial charge in [0.2, 0.25) is 0 Å². The van der Waals surface area contributed by atoms with Crippen LogP contribution in [0.3, 0.4) is 0 Å². The normalized spacial score (nSPS) is 30.0. The van der Waals surface area contributed by atoms with Gasteiger partial charge in [0.05, 0.1) is 6.61 Å². The largest absolute Gasteiger partial charge is 0.403 e. The van der Waals surface area contributed by atoms with Crippen molar-refractivity contribution in [3.8, 4) is 0 Å². The van der Waals surface area contributed by atoms with Crippen LogP contribution in [-0.2, 0) is 0 Å². The van der Waals surface area contributed by atoms with Gasteiger partial charge >= 0.3 is 6.18 Å². The number of nitrogens with one attached hydrogen (secondary N) is 1. The van der Waals surface area contributed by atoms with E-state index in [1.807, 2.05) is 0 Å². The molecule has 0 amide bonds. The Balaban J connectivity index is 0.00000121. The van der Waals surface area contributed by atoms with Crippen LogP contribution in [0.4, 0.5) is 13.2 Å². The highest BCUT2D eigenvalue weighted by Gasteiger charge is 2.43. The van der Waals surface area contributed by atoms with Crippen LogP contribution < -0.4 is 5.32 Å². The number of hydrogen-bond donors (Lipinski definition) is 2. The Kier molecular flexibility index (Phi) is 4.30. The molecule has 74 valence electrons. The number of rotatable bonds is 1. The Labute approximate surface area is 74.6 Å². The van der Waals surface area contributed by atoms with Crippen molar-refractivity contribution in [2.75, 3.05) is 6.61 Å². The molecule has 2 nitrogen and oxygen atoms in total. The minimum absolute atomic E-state index is 0. The van der Waals surface area contributed by atoms with E-state index in [1.54, 1.807) is 0 Å². The van der Waals surface area contributed by atoms with Crippen LogP contribution in [0, 0.1) is 0 Å². The maximum absolute atomic E-state index is 11.9. The smallest absolute Gasteiger partial charge is 0.395 e. The first-order chi connectivity index (χ1) is 5.04. The van der Waals surface area contributed by atoms with Gasteiger partial charge in [-0.3, -0.25) is 0 Å². The van der Waals surface area contributed by atoms with Crippen molar-refractivity contribution >= 4 is 12.4 Å². The molecule has 0 aromatic heterocycles. The maximum Gasteiger partial charge on any atom is 0.403 e. The van der Waals surface area contributed by atoms with Gasteiger partial charge in [0, 0.05) is 6.04 Å². The minimum Gasteiger partial charge on any atom is -0.395 e. The summed E-state index contributed by atoms with van der Waals surface area (Å²) in [7, 11) is 0. The molecule has 0 radical (unpaired) electrons. The van der Waals surface area contributed by atoms with Gasteiger partial charge in [0.1, 0.15) is 6.04 Å². The molecule has 0 aromatic carbocycles. The van der Waals surface area contributed by atoms with Gasteiger partial charge in [-0.05, 0) is 12.8 Å². The molecule has 12 heavy (non-hydrogen) atoms. The first kappa shape index (κ1) is 12.0. The molecule has 2 atom stereocenters. The molecule has 1 rings (SSSR count). The summed E-state index contributed by atoms with van der Waals surface area (Å²) in [5.74, 6) is 0. The molecule has 1 fully saturated rings. The number of aliphatic hydroxyl groups excluding tert-OH is 1. The van der Waals surface area contributed by atoms with Gasteiger partial charge in [0.25, 0.3) is 0 Å². The molecule has 1 heterocycles. The van der Waals surface area contributed by atoms with Crippen LogP contribution in [0.2, 0.25) is 0 Å². The van der Waals surface area contributed by atoms with Gasteiger partial charge < -0.3 is 10.4 Å². The third-order valence-electron chi connectivity index (χ3n) is 1.86. The topological polar surface area (TPSA) is 32.3 Å². The van der Waals surface area contributed by atoms with E-state index in [0.29, 0.717) is 6.42 Å². The predicted molar refractivity (Wildman–Crippen MR) is 40.3 cm³/mol. The van der Waals surface area contributed by atoms with E-state index in [0.717, 1.165) is 0 Å². The maximum atomic E-state index is 11.9. The Bertz CT molecular complexity index is 141. The summed E-state index contributed by atoms with van der Waals surface area (Å²) in [6.45, 7) is -0.216. The van der Waals surface area contributed by atoms with Crippen LogP contribution in [0.25, 0.3) is 0 Å². The summed E-state index contributed by atoms with van der Waals surface area (Å²) >= 11 is 0. The SMILES string of the molecule is Cl.OCC1CCC(C(F)(F)F)N1. The van der Waals surface area contributed by atoms with E-state index < -0.39 is 12.2 Å². The summed E-state index contributed by atoms with van der Waals surface area (Å²) in [5, 5.41) is 10.8. The monoisotopic (exact) mass is 205 g/mol. The molecule has 0 aromatic rings. The van der Waals surface area contributed by atoms with Crippen molar-refractivity contribution in [1.82, 2.24) is 5.32 Å². The second kappa shape index (κ2) is 4.30. The minimum atomic E-state index is -4.16. The van der Waals surface area contributed by atoms with Gasteiger partial charge in [-0.1, -0.05) is 0 Å². The molecular formula is C6H11ClF3NO. The third-order valence-corrected chi connectivity index (χ3v) is 1.86. The Morgan fingerprint density at radius 3 is 2.17 bits per heavy atom. The summed E-state index contributed by atoms with van der Waals surface area (Å²) < 4.78 is 35.8. The number of aliphatic hydroxyl groups is 1. The van der Waals surface area contributed by atoms with Crippen molar-refractivity contribution in [3.63, 3.8) is 0 Å². The van der Waals surface area contributed by atoms with Gasteiger partial charge in [-0.2, -0.15) is 13.2 Å². The van der Waals surface area contributed by atoms with E-state index in [1.165, 1.54) is 0 Å². The van der Waals surface area contributed by atoms with Crippen molar-refractivity contribution in [1.29, 1.82) is 0 Å². The fourth-order valence-electron chi connectivity index (χ4n) is 1.22. The molecule has 6 heteroatoms. The van der Waals surface area contributed by atoms with Crippen LogP contribution in [0.1, 0.15) is 12.8 Å². The Hall–Kier alpha value is -0.0000000000000000486. The van der Waals surface area contributed by atoms with Gasteiger partial charge in [-0.25, -0.2) is 0 Å². The van der Waals surface area contributed by atoms with Crippen molar-refractivity contribution in [2.45, 2.75) is 31.1 Å². The summed E-state index contributed by atoms with van der Waals surface area (Å²) in [5.41, 5.74) is 0. The molecule has 0 saturated carbocycles. The third kappa shape index (κ3) is 2.80. The molecule has 0 bridgehead atoms. The lowest BCUT2D eigenvalue weighted by atomic mass is 10.2. The zero-order valence-electron chi connectivity index (χ0n) is 6.27. The second-order valence-electron chi connectivity index (χ2n) is 2.72. The van der Waals surface area contributed by atoms with Crippen molar-refractivity contribution < 1.29 is 18.3 Å². The quantitative estimate of drug-likeness (QED) is 0.672. The van der Waals surface area contributed by atoms with E-state index in [9.17, 15) is 13.2 Å².